The maximum absolute atomic E-state index is 13.0. The SMILES string of the molecule is COc1ccc(Cl)cc1C(=O)/N=c1\sn(C(C)(C)C)cc1CCC1OCC(C)(C)CO1. The van der Waals surface area contributed by atoms with Crippen molar-refractivity contribution in [3.63, 3.8) is 0 Å². The van der Waals surface area contributed by atoms with Gasteiger partial charge in [-0.1, -0.05) is 25.4 Å². The van der Waals surface area contributed by atoms with E-state index in [1.54, 1.807) is 18.2 Å². The fourth-order valence-electron chi connectivity index (χ4n) is 3.14. The highest BCUT2D eigenvalue weighted by Gasteiger charge is 2.28. The maximum atomic E-state index is 13.0. The van der Waals surface area contributed by atoms with Gasteiger partial charge in [0.1, 0.15) is 10.4 Å². The van der Waals surface area contributed by atoms with E-state index in [4.69, 9.17) is 25.8 Å². The number of benzene rings is 1. The van der Waals surface area contributed by atoms with E-state index in [9.17, 15) is 4.79 Å². The number of ether oxygens (including phenoxy) is 3. The highest BCUT2D eigenvalue weighted by Crippen LogP contribution is 2.26. The van der Waals surface area contributed by atoms with E-state index in [1.165, 1.54) is 18.6 Å². The van der Waals surface area contributed by atoms with Crippen molar-refractivity contribution in [2.24, 2.45) is 10.4 Å². The van der Waals surface area contributed by atoms with Gasteiger partial charge in [-0.15, -0.1) is 0 Å². The Bertz CT molecular complexity index is 994. The summed E-state index contributed by atoms with van der Waals surface area (Å²) in [6.45, 7) is 12.0. The summed E-state index contributed by atoms with van der Waals surface area (Å²) < 4.78 is 19.9. The lowest BCUT2D eigenvalue weighted by atomic mass is 9.95. The number of carbonyl (C=O) groups is 1. The first-order chi connectivity index (χ1) is 14.5. The van der Waals surface area contributed by atoms with Gasteiger partial charge in [0.25, 0.3) is 5.91 Å². The molecule has 0 N–H and O–H groups in total. The van der Waals surface area contributed by atoms with E-state index in [2.05, 4.69) is 49.8 Å². The topological polar surface area (TPSA) is 62.0 Å². The summed E-state index contributed by atoms with van der Waals surface area (Å²) >= 11 is 7.56. The summed E-state index contributed by atoms with van der Waals surface area (Å²) in [6, 6.07) is 4.95. The molecule has 0 aliphatic carbocycles. The summed E-state index contributed by atoms with van der Waals surface area (Å²) in [4.78, 5) is 17.4. The molecular weight excluding hydrogens is 436 g/mol. The molecule has 0 unspecified atom stereocenters. The van der Waals surface area contributed by atoms with Crippen LogP contribution >= 0.6 is 23.1 Å². The average Bonchev–Trinajstić information content (AvgIpc) is 3.10. The molecule has 1 aromatic heterocycles. The Morgan fingerprint density at radius 1 is 1.32 bits per heavy atom. The standard InChI is InChI=1S/C23H31ClN2O4S/c1-22(2,3)26-12-15(7-10-19-29-13-23(4,5)14-30-19)21(31-26)25-20(27)17-11-16(24)8-9-18(17)28-6/h8-9,11-12,19H,7,10,13-14H2,1-6H3/b25-21-. The Kier molecular flexibility index (Phi) is 7.31. The molecule has 1 saturated heterocycles. The lowest BCUT2D eigenvalue weighted by molar-refractivity contribution is -0.223. The molecule has 1 amide bonds. The molecule has 1 aliphatic heterocycles. The number of carbonyl (C=O) groups excluding carboxylic acids is 1. The molecule has 3 rings (SSSR count). The Hall–Kier alpha value is -1.67. The quantitative estimate of drug-likeness (QED) is 0.619. The van der Waals surface area contributed by atoms with Crippen LogP contribution in [-0.2, 0) is 21.4 Å². The third kappa shape index (κ3) is 6.19. The first-order valence-corrected chi connectivity index (χ1v) is 11.5. The van der Waals surface area contributed by atoms with E-state index >= 15 is 0 Å². The van der Waals surface area contributed by atoms with Gasteiger partial charge in [-0.05, 0) is 56.9 Å². The molecule has 0 bridgehead atoms. The van der Waals surface area contributed by atoms with E-state index in [-0.39, 0.29) is 23.2 Å². The molecule has 0 radical (unpaired) electrons. The van der Waals surface area contributed by atoms with Crippen LogP contribution in [0.4, 0.5) is 0 Å². The van der Waals surface area contributed by atoms with Gasteiger partial charge in [0.15, 0.2) is 6.29 Å². The summed E-state index contributed by atoms with van der Waals surface area (Å²) in [7, 11) is 1.52. The van der Waals surface area contributed by atoms with Crippen molar-refractivity contribution in [3.05, 3.63) is 45.2 Å². The smallest absolute Gasteiger partial charge is 0.282 e. The summed E-state index contributed by atoms with van der Waals surface area (Å²) in [5.74, 6) is 0.0713. The molecule has 170 valence electrons. The summed E-state index contributed by atoms with van der Waals surface area (Å²) in [5, 5.41) is 0.463. The number of aromatic nitrogens is 1. The van der Waals surface area contributed by atoms with Crippen molar-refractivity contribution in [1.29, 1.82) is 0 Å². The van der Waals surface area contributed by atoms with Crippen LogP contribution in [0.15, 0.2) is 29.4 Å². The van der Waals surface area contributed by atoms with Crippen molar-refractivity contribution >= 4 is 29.0 Å². The number of hydrogen-bond donors (Lipinski definition) is 0. The third-order valence-corrected chi connectivity index (χ3v) is 6.57. The zero-order chi connectivity index (χ0) is 22.8. The Morgan fingerprint density at radius 2 is 2.00 bits per heavy atom. The van der Waals surface area contributed by atoms with Crippen LogP contribution in [0.5, 0.6) is 5.75 Å². The highest BCUT2D eigenvalue weighted by atomic mass is 35.5. The molecule has 31 heavy (non-hydrogen) atoms. The second kappa shape index (κ2) is 9.45. The molecule has 2 aromatic rings. The number of hydrogen-bond acceptors (Lipinski definition) is 5. The van der Waals surface area contributed by atoms with Crippen molar-refractivity contribution in [2.45, 2.75) is 59.3 Å². The predicted molar refractivity (Wildman–Crippen MR) is 123 cm³/mol. The molecule has 1 aliphatic rings. The summed E-state index contributed by atoms with van der Waals surface area (Å²) in [6.07, 6.45) is 3.23. The van der Waals surface area contributed by atoms with E-state index < -0.39 is 0 Å². The first kappa shape index (κ1) is 24.0. The van der Waals surface area contributed by atoms with Gasteiger partial charge in [0, 0.05) is 34.2 Å². The minimum absolute atomic E-state index is 0.0388. The van der Waals surface area contributed by atoms with E-state index in [1.807, 2.05) is 0 Å². The second-order valence-corrected chi connectivity index (χ2v) is 11.0. The van der Waals surface area contributed by atoms with Crippen LogP contribution in [0.1, 0.15) is 57.0 Å². The maximum Gasteiger partial charge on any atom is 0.282 e. The Balaban J connectivity index is 1.88. The van der Waals surface area contributed by atoms with E-state index in [0.717, 1.165) is 5.56 Å². The Morgan fingerprint density at radius 3 is 2.61 bits per heavy atom. The average molecular weight is 467 g/mol. The monoisotopic (exact) mass is 466 g/mol. The zero-order valence-corrected chi connectivity index (χ0v) is 20.6. The number of methoxy groups -OCH3 is 1. The zero-order valence-electron chi connectivity index (χ0n) is 19.0. The van der Waals surface area contributed by atoms with Crippen LogP contribution in [0.25, 0.3) is 0 Å². The molecule has 8 heteroatoms. The van der Waals surface area contributed by atoms with Crippen LogP contribution in [0.3, 0.4) is 0 Å². The fraction of sp³-hybridized carbons (Fsp3) is 0.565. The second-order valence-electron chi connectivity index (χ2n) is 9.56. The molecule has 0 atom stereocenters. The lowest BCUT2D eigenvalue weighted by Crippen LogP contribution is -2.38. The molecule has 1 aromatic carbocycles. The lowest BCUT2D eigenvalue weighted by Gasteiger charge is -2.34. The van der Waals surface area contributed by atoms with Gasteiger partial charge in [-0.25, -0.2) is 0 Å². The normalized spacial score (nSPS) is 17.7. The highest BCUT2D eigenvalue weighted by molar-refractivity contribution is 7.04. The largest absolute Gasteiger partial charge is 0.496 e. The number of rotatable bonds is 5. The van der Waals surface area contributed by atoms with Gasteiger partial charge >= 0.3 is 0 Å². The molecule has 1 fully saturated rings. The van der Waals surface area contributed by atoms with Gasteiger partial charge in [-0.3, -0.25) is 8.75 Å². The Labute approximate surface area is 193 Å². The van der Waals surface area contributed by atoms with Gasteiger partial charge in [0.05, 0.1) is 25.9 Å². The fourth-order valence-corrected chi connectivity index (χ4v) is 4.34. The van der Waals surface area contributed by atoms with Crippen LogP contribution in [-0.4, -0.2) is 36.5 Å². The minimum Gasteiger partial charge on any atom is -0.496 e. The van der Waals surface area contributed by atoms with Crippen molar-refractivity contribution in [3.8, 4) is 5.75 Å². The molecule has 2 heterocycles. The third-order valence-electron chi connectivity index (χ3n) is 4.96. The van der Waals surface area contributed by atoms with Gasteiger partial charge in [-0.2, -0.15) is 4.99 Å². The van der Waals surface area contributed by atoms with Crippen LogP contribution in [0.2, 0.25) is 5.02 Å². The van der Waals surface area contributed by atoms with Crippen molar-refractivity contribution in [2.75, 3.05) is 20.3 Å². The molecule has 0 spiro atoms. The minimum atomic E-state index is -0.379. The van der Waals surface area contributed by atoms with Gasteiger partial charge < -0.3 is 14.2 Å². The van der Waals surface area contributed by atoms with E-state index in [0.29, 0.717) is 47.1 Å². The number of amides is 1. The van der Waals surface area contributed by atoms with Crippen LogP contribution < -0.4 is 9.41 Å². The molecular formula is C23H31ClN2O4S. The molecule has 0 saturated carbocycles. The summed E-state index contributed by atoms with van der Waals surface area (Å²) in [5.41, 5.74) is 1.26. The number of halogens is 1. The van der Waals surface area contributed by atoms with Crippen molar-refractivity contribution < 1.29 is 19.0 Å². The predicted octanol–water partition coefficient (Wildman–Crippen LogP) is 5.04. The molecule has 6 nitrogen and oxygen atoms in total. The van der Waals surface area contributed by atoms with Gasteiger partial charge in [0.2, 0.25) is 0 Å². The van der Waals surface area contributed by atoms with Crippen LogP contribution in [0, 0.1) is 5.41 Å². The number of aryl methyl sites for hydroxylation is 1. The first-order valence-electron chi connectivity index (χ1n) is 10.4. The van der Waals surface area contributed by atoms with Crippen molar-refractivity contribution in [1.82, 2.24) is 3.96 Å². The number of nitrogens with zero attached hydrogens (tertiary/aromatic N) is 2.